The quantitative estimate of drug-likeness (QED) is 0.813. The summed E-state index contributed by atoms with van der Waals surface area (Å²) >= 11 is 1.77. The van der Waals surface area contributed by atoms with Gasteiger partial charge in [-0.25, -0.2) is 0 Å². The van der Waals surface area contributed by atoms with Crippen molar-refractivity contribution >= 4 is 21.4 Å². The van der Waals surface area contributed by atoms with Crippen LogP contribution >= 0.6 is 11.3 Å². The van der Waals surface area contributed by atoms with Crippen molar-refractivity contribution in [3.05, 3.63) is 35.2 Å². The summed E-state index contributed by atoms with van der Waals surface area (Å²) in [5.41, 5.74) is 6.17. The monoisotopic (exact) mass is 247 g/mol. The molecule has 17 heavy (non-hydrogen) atoms. The largest absolute Gasteiger partial charge is 0.393 e. The van der Waals surface area contributed by atoms with Gasteiger partial charge in [-0.05, 0) is 43.2 Å². The Labute approximate surface area is 105 Å². The molecule has 90 valence electrons. The summed E-state index contributed by atoms with van der Waals surface area (Å²) in [4.78, 5) is 1.22. The Balaban J connectivity index is 2.02. The first-order chi connectivity index (χ1) is 8.17. The van der Waals surface area contributed by atoms with Gasteiger partial charge in [-0.3, -0.25) is 0 Å². The Bertz CT molecular complexity index is 503. The van der Waals surface area contributed by atoms with Crippen LogP contribution in [0.1, 0.15) is 30.6 Å². The Morgan fingerprint density at radius 1 is 1.35 bits per heavy atom. The van der Waals surface area contributed by atoms with E-state index in [-0.39, 0.29) is 11.6 Å². The molecular formula is C14H17NOS. The lowest BCUT2D eigenvalue weighted by Crippen LogP contribution is -2.42. The van der Waals surface area contributed by atoms with Crippen molar-refractivity contribution in [2.45, 2.75) is 37.3 Å². The van der Waals surface area contributed by atoms with Crippen LogP contribution in [0.15, 0.2) is 30.3 Å². The zero-order valence-corrected chi connectivity index (χ0v) is 10.5. The van der Waals surface area contributed by atoms with E-state index in [1.807, 2.05) is 0 Å². The van der Waals surface area contributed by atoms with E-state index in [9.17, 15) is 5.11 Å². The number of fused-ring (bicyclic) bond motifs is 1. The standard InChI is InChI=1S/C14H17NOS/c15-14(7-3-5-11(16)9-14)13-8-10-4-1-2-6-12(10)17-13/h1-2,4,6,8,11,16H,3,5,7,9,15H2/t11-,14-/m0/s1. The van der Waals surface area contributed by atoms with Crippen LogP contribution in [-0.2, 0) is 5.54 Å². The molecule has 1 aliphatic carbocycles. The second-order valence-corrected chi connectivity index (χ2v) is 6.14. The molecule has 0 aliphatic heterocycles. The third-order valence-electron chi connectivity index (χ3n) is 3.68. The molecule has 1 fully saturated rings. The first-order valence-corrected chi connectivity index (χ1v) is 6.95. The van der Waals surface area contributed by atoms with Crippen molar-refractivity contribution in [3.8, 4) is 0 Å². The molecular weight excluding hydrogens is 230 g/mol. The third-order valence-corrected chi connectivity index (χ3v) is 5.01. The summed E-state index contributed by atoms with van der Waals surface area (Å²) in [7, 11) is 0. The van der Waals surface area contributed by atoms with Crippen LogP contribution in [0.3, 0.4) is 0 Å². The van der Waals surface area contributed by atoms with Gasteiger partial charge >= 0.3 is 0 Å². The molecule has 3 N–H and O–H groups in total. The fraction of sp³-hybridized carbons (Fsp3) is 0.429. The minimum absolute atomic E-state index is 0.237. The van der Waals surface area contributed by atoms with Crippen molar-refractivity contribution in [2.75, 3.05) is 0 Å². The summed E-state index contributed by atoms with van der Waals surface area (Å²) in [6.45, 7) is 0. The van der Waals surface area contributed by atoms with Gasteiger partial charge in [-0.2, -0.15) is 0 Å². The van der Waals surface area contributed by atoms with Gasteiger partial charge in [0.2, 0.25) is 0 Å². The lowest BCUT2D eigenvalue weighted by atomic mass is 9.80. The average molecular weight is 247 g/mol. The molecule has 0 saturated heterocycles. The number of aliphatic hydroxyl groups is 1. The number of aliphatic hydroxyl groups excluding tert-OH is 1. The average Bonchev–Trinajstić information content (AvgIpc) is 2.73. The molecule has 2 atom stereocenters. The highest BCUT2D eigenvalue weighted by atomic mass is 32.1. The van der Waals surface area contributed by atoms with Crippen molar-refractivity contribution in [1.29, 1.82) is 0 Å². The maximum Gasteiger partial charge on any atom is 0.0561 e. The van der Waals surface area contributed by atoms with Gasteiger partial charge in [0.1, 0.15) is 0 Å². The summed E-state index contributed by atoms with van der Waals surface area (Å²) < 4.78 is 1.28. The van der Waals surface area contributed by atoms with Crippen molar-refractivity contribution < 1.29 is 5.11 Å². The first kappa shape index (κ1) is 11.2. The van der Waals surface area contributed by atoms with Crippen LogP contribution < -0.4 is 5.73 Å². The Hall–Kier alpha value is -0.900. The van der Waals surface area contributed by atoms with E-state index in [0.29, 0.717) is 6.42 Å². The second-order valence-electron chi connectivity index (χ2n) is 5.05. The van der Waals surface area contributed by atoms with E-state index in [4.69, 9.17) is 5.73 Å². The van der Waals surface area contributed by atoms with Gasteiger partial charge in [0.15, 0.2) is 0 Å². The van der Waals surface area contributed by atoms with Crippen LogP contribution in [0.2, 0.25) is 0 Å². The molecule has 0 amide bonds. The highest BCUT2D eigenvalue weighted by Gasteiger charge is 2.34. The van der Waals surface area contributed by atoms with Gasteiger partial charge in [0.25, 0.3) is 0 Å². The smallest absolute Gasteiger partial charge is 0.0561 e. The first-order valence-electron chi connectivity index (χ1n) is 6.13. The summed E-state index contributed by atoms with van der Waals surface area (Å²) in [6.07, 6.45) is 3.35. The Morgan fingerprint density at radius 2 is 2.18 bits per heavy atom. The van der Waals surface area contributed by atoms with Crippen molar-refractivity contribution in [3.63, 3.8) is 0 Å². The molecule has 0 radical (unpaired) electrons. The molecule has 3 heteroatoms. The molecule has 3 rings (SSSR count). The molecule has 0 spiro atoms. The van der Waals surface area contributed by atoms with Gasteiger partial charge in [-0.15, -0.1) is 11.3 Å². The number of hydrogen-bond donors (Lipinski definition) is 2. The lowest BCUT2D eigenvalue weighted by Gasteiger charge is -2.35. The zero-order valence-electron chi connectivity index (χ0n) is 9.73. The maximum absolute atomic E-state index is 9.81. The molecule has 0 unspecified atom stereocenters. The Morgan fingerprint density at radius 3 is 2.94 bits per heavy atom. The molecule has 1 aromatic heterocycles. The number of nitrogens with two attached hydrogens (primary N) is 1. The predicted octanol–water partition coefficient (Wildman–Crippen LogP) is 2.99. The molecule has 1 aromatic carbocycles. The number of hydrogen-bond acceptors (Lipinski definition) is 3. The van der Waals surface area contributed by atoms with Gasteiger partial charge in [0, 0.05) is 9.58 Å². The van der Waals surface area contributed by atoms with Crippen molar-refractivity contribution in [1.82, 2.24) is 0 Å². The van der Waals surface area contributed by atoms with Crippen LogP contribution in [0, 0.1) is 0 Å². The number of benzene rings is 1. The van der Waals surface area contributed by atoms with E-state index in [0.717, 1.165) is 19.3 Å². The van der Waals surface area contributed by atoms with Gasteiger partial charge in [-0.1, -0.05) is 18.2 Å². The molecule has 2 nitrogen and oxygen atoms in total. The molecule has 1 saturated carbocycles. The van der Waals surface area contributed by atoms with Crippen molar-refractivity contribution in [2.24, 2.45) is 5.73 Å². The van der Waals surface area contributed by atoms with Crippen LogP contribution in [0.4, 0.5) is 0 Å². The molecule has 2 aromatic rings. The van der Waals surface area contributed by atoms with E-state index in [1.165, 1.54) is 15.0 Å². The fourth-order valence-corrected chi connectivity index (χ4v) is 3.93. The van der Waals surface area contributed by atoms with E-state index in [2.05, 4.69) is 30.3 Å². The molecule has 0 bridgehead atoms. The molecule has 1 aliphatic rings. The summed E-state index contributed by atoms with van der Waals surface area (Å²) in [6, 6.07) is 10.6. The SMILES string of the molecule is N[C@@]1(c2cc3ccccc3s2)CCC[C@H](O)C1. The highest BCUT2D eigenvalue weighted by molar-refractivity contribution is 7.19. The zero-order chi connectivity index (χ0) is 11.9. The van der Waals surface area contributed by atoms with E-state index >= 15 is 0 Å². The predicted molar refractivity (Wildman–Crippen MR) is 72.2 cm³/mol. The van der Waals surface area contributed by atoms with E-state index < -0.39 is 0 Å². The third kappa shape index (κ3) is 1.99. The Kier molecular flexibility index (Phi) is 2.69. The van der Waals surface area contributed by atoms with Crippen LogP contribution in [0.5, 0.6) is 0 Å². The fourth-order valence-electron chi connectivity index (χ4n) is 2.73. The number of rotatable bonds is 1. The minimum atomic E-state index is -0.318. The summed E-state index contributed by atoms with van der Waals surface area (Å²) in [5.74, 6) is 0. The second kappa shape index (κ2) is 4.09. The summed E-state index contributed by atoms with van der Waals surface area (Å²) in [5, 5.41) is 11.1. The topological polar surface area (TPSA) is 46.2 Å². The maximum atomic E-state index is 9.81. The highest BCUT2D eigenvalue weighted by Crippen LogP contribution is 2.40. The van der Waals surface area contributed by atoms with Gasteiger partial charge in [0.05, 0.1) is 11.6 Å². The number of thiophene rings is 1. The van der Waals surface area contributed by atoms with Crippen LogP contribution in [-0.4, -0.2) is 11.2 Å². The lowest BCUT2D eigenvalue weighted by molar-refractivity contribution is 0.0879. The van der Waals surface area contributed by atoms with E-state index in [1.54, 1.807) is 11.3 Å². The van der Waals surface area contributed by atoms with Gasteiger partial charge < -0.3 is 10.8 Å². The minimum Gasteiger partial charge on any atom is -0.393 e. The normalized spacial score (nSPS) is 29.6. The molecule has 1 heterocycles. The van der Waals surface area contributed by atoms with Crippen LogP contribution in [0.25, 0.3) is 10.1 Å².